The largest absolute Gasteiger partial charge is 0.330 e. The summed E-state index contributed by atoms with van der Waals surface area (Å²) in [5.41, 5.74) is 3.07. The van der Waals surface area contributed by atoms with Crippen LogP contribution in [0.5, 0.6) is 0 Å². The van der Waals surface area contributed by atoms with Crippen molar-refractivity contribution in [1.29, 1.82) is 0 Å². The number of nitrogens with zero attached hydrogens (tertiary/aromatic N) is 4. The predicted molar refractivity (Wildman–Crippen MR) is 76.8 cm³/mol. The van der Waals surface area contributed by atoms with Gasteiger partial charge in [0.1, 0.15) is 0 Å². The lowest BCUT2D eigenvalue weighted by atomic mass is 10.3. The number of hydrogen-bond donors (Lipinski definition) is 0. The third kappa shape index (κ3) is 1.62. The molecule has 0 atom stereocenters. The van der Waals surface area contributed by atoms with E-state index >= 15 is 0 Å². The fourth-order valence-corrected chi connectivity index (χ4v) is 2.81. The third-order valence-electron chi connectivity index (χ3n) is 4.06. The summed E-state index contributed by atoms with van der Waals surface area (Å²) in [4.78, 5) is 16.6. The van der Waals surface area contributed by atoms with Crippen molar-refractivity contribution in [2.45, 2.75) is 25.4 Å². The molecule has 102 valence electrons. The summed E-state index contributed by atoms with van der Waals surface area (Å²) in [6, 6.07) is 8.48. The van der Waals surface area contributed by atoms with Gasteiger partial charge in [-0.15, -0.1) is 0 Å². The molecule has 1 aromatic carbocycles. The highest BCUT2D eigenvalue weighted by Crippen LogP contribution is 2.35. The van der Waals surface area contributed by atoms with Gasteiger partial charge in [-0.3, -0.25) is 9.13 Å². The number of benzene rings is 1. The second kappa shape index (κ2) is 4.10. The molecule has 0 aliphatic heterocycles. The first-order valence-electron chi connectivity index (χ1n) is 6.90. The molecule has 0 unspecified atom stereocenters. The molecule has 5 nitrogen and oxygen atoms in total. The van der Waals surface area contributed by atoms with Crippen LogP contribution in [0.1, 0.15) is 24.6 Å². The van der Waals surface area contributed by atoms with Crippen molar-refractivity contribution >= 4 is 11.0 Å². The molecular formula is C15H16N4O. The molecule has 0 amide bonds. The summed E-state index contributed by atoms with van der Waals surface area (Å²) < 4.78 is 5.73. The van der Waals surface area contributed by atoms with E-state index in [1.807, 2.05) is 48.4 Å². The van der Waals surface area contributed by atoms with Gasteiger partial charge in [0.25, 0.3) is 0 Å². The van der Waals surface area contributed by atoms with Gasteiger partial charge in [-0.2, -0.15) is 0 Å². The molecule has 1 fully saturated rings. The molecule has 2 heterocycles. The van der Waals surface area contributed by atoms with Gasteiger partial charge in [-0.1, -0.05) is 12.1 Å². The van der Waals surface area contributed by atoms with Crippen molar-refractivity contribution in [2.75, 3.05) is 0 Å². The van der Waals surface area contributed by atoms with Crippen molar-refractivity contribution in [3.8, 4) is 0 Å². The molecule has 1 saturated carbocycles. The van der Waals surface area contributed by atoms with Gasteiger partial charge in [0, 0.05) is 19.3 Å². The molecular weight excluding hydrogens is 252 g/mol. The van der Waals surface area contributed by atoms with Gasteiger partial charge in [0.15, 0.2) is 0 Å². The summed E-state index contributed by atoms with van der Waals surface area (Å²) in [6.45, 7) is 0.580. The molecule has 2 aromatic heterocycles. The number of fused-ring (bicyclic) bond motifs is 1. The molecule has 4 rings (SSSR count). The van der Waals surface area contributed by atoms with E-state index in [1.54, 1.807) is 4.57 Å². The SMILES string of the molecule is Cn1c(=O)n(Cc2cncn2C2CC2)c2ccccc21. The Bertz CT molecular complexity index is 835. The van der Waals surface area contributed by atoms with Crippen molar-refractivity contribution in [2.24, 2.45) is 7.05 Å². The smallest absolute Gasteiger partial charge is 0.329 e. The molecule has 5 heteroatoms. The summed E-state index contributed by atoms with van der Waals surface area (Å²) in [7, 11) is 1.82. The van der Waals surface area contributed by atoms with Crippen molar-refractivity contribution in [3.63, 3.8) is 0 Å². The van der Waals surface area contributed by atoms with E-state index < -0.39 is 0 Å². The van der Waals surface area contributed by atoms with Gasteiger partial charge in [0.05, 0.1) is 29.6 Å². The summed E-state index contributed by atoms with van der Waals surface area (Å²) in [6.07, 6.45) is 6.18. The summed E-state index contributed by atoms with van der Waals surface area (Å²) in [5, 5.41) is 0. The topological polar surface area (TPSA) is 44.8 Å². The van der Waals surface area contributed by atoms with Crippen LogP contribution in [-0.2, 0) is 13.6 Å². The zero-order chi connectivity index (χ0) is 13.7. The van der Waals surface area contributed by atoms with Gasteiger partial charge in [-0.25, -0.2) is 9.78 Å². The average molecular weight is 268 g/mol. The minimum atomic E-state index is 0.0229. The highest BCUT2D eigenvalue weighted by atomic mass is 16.1. The standard InChI is InChI=1S/C15H16N4O/c1-17-13-4-2-3-5-14(13)18(15(17)20)9-12-8-16-10-19(12)11-6-7-11/h2-5,8,10-11H,6-7,9H2,1H3. The van der Waals surface area contributed by atoms with E-state index in [0.29, 0.717) is 12.6 Å². The minimum Gasteiger partial charge on any atom is -0.330 e. The van der Waals surface area contributed by atoms with Crippen LogP contribution in [0.4, 0.5) is 0 Å². The lowest BCUT2D eigenvalue weighted by molar-refractivity contribution is 0.645. The lowest BCUT2D eigenvalue weighted by Crippen LogP contribution is -2.23. The van der Waals surface area contributed by atoms with Crippen LogP contribution in [0, 0.1) is 0 Å². The molecule has 0 N–H and O–H groups in total. The molecule has 0 spiro atoms. The zero-order valence-electron chi connectivity index (χ0n) is 11.4. The Labute approximate surface area is 116 Å². The maximum absolute atomic E-state index is 12.4. The average Bonchev–Trinajstić information content (AvgIpc) is 3.17. The van der Waals surface area contributed by atoms with E-state index in [9.17, 15) is 4.79 Å². The van der Waals surface area contributed by atoms with Crippen LogP contribution in [0.25, 0.3) is 11.0 Å². The summed E-state index contributed by atoms with van der Waals surface area (Å²) >= 11 is 0. The Balaban J connectivity index is 1.84. The van der Waals surface area contributed by atoms with Crippen LogP contribution in [0.2, 0.25) is 0 Å². The second-order valence-electron chi connectivity index (χ2n) is 5.44. The normalized spacial score (nSPS) is 15.1. The molecule has 1 aliphatic rings. The first kappa shape index (κ1) is 11.5. The first-order valence-corrected chi connectivity index (χ1v) is 6.90. The van der Waals surface area contributed by atoms with Crippen LogP contribution in [0.3, 0.4) is 0 Å². The highest BCUT2D eigenvalue weighted by molar-refractivity contribution is 5.75. The molecule has 0 saturated heterocycles. The second-order valence-corrected chi connectivity index (χ2v) is 5.44. The lowest BCUT2D eigenvalue weighted by Gasteiger charge is -2.07. The fraction of sp³-hybridized carbons (Fsp3) is 0.333. The van der Waals surface area contributed by atoms with Gasteiger partial charge in [-0.05, 0) is 25.0 Å². The molecule has 3 aromatic rings. The number of para-hydroxylation sites is 2. The quantitative estimate of drug-likeness (QED) is 0.728. The highest BCUT2D eigenvalue weighted by Gasteiger charge is 2.25. The van der Waals surface area contributed by atoms with Gasteiger partial charge >= 0.3 is 5.69 Å². The van der Waals surface area contributed by atoms with E-state index in [1.165, 1.54) is 12.8 Å². The number of hydrogen-bond acceptors (Lipinski definition) is 2. The number of aryl methyl sites for hydroxylation is 1. The number of aromatic nitrogens is 4. The minimum absolute atomic E-state index is 0.0229. The molecule has 0 bridgehead atoms. The first-order chi connectivity index (χ1) is 9.75. The number of rotatable bonds is 3. The summed E-state index contributed by atoms with van der Waals surface area (Å²) in [5.74, 6) is 0. The fourth-order valence-electron chi connectivity index (χ4n) is 2.81. The maximum Gasteiger partial charge on any atom is 0.329 e. The van der Waals surface area contributed by atoms with Crippen molar-refractivity contribution in [1.82, 2.24) is 18.7 Å². The monoisotopic (exact) mass is 268 g/mol. The van der Waals surface area contributed by atoms with Crippen LogP contribution in [0.15, 0.2) is 41.6 Å². The molecule has 20 heavy (non-hydrogen) atoms. The zero-order valence-corrected chi connectivity index (χ0v) is 11.4. The molecule has 0 radical (unpaired) electrons. The van der Waals surface area contributed by atoms with E-state index in [2.05, 4.69) is 9.55 Å². The van der Waals surface area contributed by atoms with E-state index in [0.717, 1.165) is 16.7 Å². The molecule has 1 aliphatic carbocycles. The Morgan fingerprint density at radius 1 is 1.25 bits per heavy atom. The van der Waals surface area contributed by atoms with E-state index in [4.69, 9.17) is 0 Å². The Morgan fingerprint density at radius 2 is 2.00 bits per heavy atom. The van der Waals surface area contributed by atoms with Gasteiger partial charge in [0.2, 0.25) is 0 Å². The van der Waals surface area contributed by atoms with Crippen LogP contribution >= 0.6 is 0 Å². The Kier molecular flexibility index (Phi) is 2.36. The van der Waals surface area contributed by atoms with Crippen LogP contribution in [-0.4, -0.2) is 18.7 Å². The van der Waals surface area contributed by atoms with Crippen molar-refractivity contribution in [3.05, 3.63) is 53.0 Å². The Hall–Kier alpha value is -2.30. The van der Waals surface area contributed by atoms with E-state index in [-0.39, 0.29) is 5.69 Å². The van der Waals surface area contributed by atoms with Crippen molar-refractivity contribution < 1.29 is 0 Å². The van der Waals surface area contributed by atoms with Gasteiger partial charge < -0.3 is 4.57 Å². The Morgan fingerprint density at radius 3 is 2.75 bits per heavy atom. The number of imidazole rings is 2. The van der Waals surface area contributed by atoms with Crippen LogP contribution < -0.4 is 5.69 Å². The maximum atomic E-state index is 12.4. The third-order valence-corrected chi connectivity index (χ3v) is 4.06. The predicted octanol–water partition coefficient (Wildman–Crippen LogP) is 1.92.